The summed E-state index contributed by atoms with van der Waals surface area (Å²) in [6.45, 7) is 6.22. The first-order valence-electron chi connectivity index (χ1n) is 12.3. The van der Waals surface area contributed by atoms with Gasteiger partial charge in [0.25, 0.3) is 0 Å². The quantitative estimate of drug-likeness (QED) is 0.273. The lowest BCUT2D eigenvalue weighted by Gasteiger charge is -2.37. The van der Waals surface area contributed by atoms with Gasteiger partial charge in [0.1, 0.15) is 30.9 Å². The number of hydrogen-bond acceptors (Lipinski definition) is 9. The van der Waals surface area contributed by atoms with Crippen molar-refractivity contribution in [3.8, 4) is 0 Å². The number of piperazine rings is 1. The van der Waals surface area contributed by atoms with E-state index in [1.807, 2.05) is 4.90 Å². The Morgan fingerprint density at radius 3 is 2.68 bits per heavy atom. The maximum absolute atomic E-state index is 15.1. The molecule has 13 nitrogen and oxygen atoms in total. The van der Waals surface area contributed by atoms with Crippen LogP contribution in [0.25, 0.3) is 0 Å². The Morgan fingerprint density at radius 2 is 2.05 bits per heavy atom. The minimum absolute atomic E-state index is 0.150. The average molecular weight is 532 g/mol. The molecule has 4 rings (SSSR count). The Balaban J connectivity index is 1.32. The zero-order valence-corrected chi connectivity index (χ0v) is 21.2. The molecule has 0 bridgehead atoms. The summed E-state index contributed by atoms with van der Waals surface area (Å²) in [7, 11) is 0. The number of rotatable bonds is 10. The lowest BCUT2D eigenvalue weighted by atomic mass is 10.1. The molecule has 2 aliphatic rings. The highest BCUT2D eigenvalue weighted by Crippen LogP contribution is 2.28. The van der Waals surface area contributed by atoms with E-state index in [0.29, 0.717) is 49.9 Å². The smallest absolute Gasteiger partial charge is 0.414 e. The number of carbonyl (C=O) groups excluding carboxylic acids is 3. The Bertz CT molecular complexity index is 1210. The summed E-state index contributed by atoms with van der Waals surface area (Å²) in [6, 6.07) is 4.59. The molecule has 1 aromatic heterocycles. The Labute approximate surface area is 218 Å². The van der Waals surface area contributed by atoms with E-state index in [-0.39, 0.29) is 31.4 Å². The molecule has 1 aromatic carbocycles. The van der Waals surface area contributed by atoms with E-state index in [2.05, 4.69) is 15.2 Å². The van der Waals surface area contributed by atoms with Crippen LogP contribution in [0.4, 0.5) is 26.4 Å². The second-order valence-corrected chi connectivity index (χ2v) is 9.40. The number of aryl methyl sites for hydroxylation is 1. The number of carbonyl (C=O) groups is 3. The highest BCUT2D eigenvalue weighted by atomic mass is 19.1. The second-order valence-electron chi connectivity index (χ2n) is 9.40. The van der Waals surface area contributed by atoms with Gasteiger partial charge in [0.15, 0.2) is 5.82 Å². The van der Waals surface area contributed by atoms with Gasteiger partial charge in [-0.15, -0.1) is 0 Å². The first-order valence-corrected chi connectivity index (χ1v) is 12.3. The number of ether oxygens (including phenoxy) is 1. The molecule has 0 radical (unpaired) electrons. The Morgan fingerprint density at radius 1 is 1.32 bits per heavy atom. The van der Waals surface area contributed by atoms with Crippen molar-refractivity contribution in [2.24, 2.45) is 5.92 Å². The molecule has 2 unspecified atom stereocenters. The van der Waals surface area contributed by atoms with Gasteiger partial charge in [0, 0.05) is 46.6 Å². The topological polar surface area (TPSA) is 143 Å². The minimum Gasteiger partial charge on any atom is -0.442 e. The molecule has 14 heteroatoms. The fourth-order valence-electron chi connectivity index (χ4n) is 4.73. The highest BCUT2D eigenvalue weighted by molar-refractivity contribution is 5.90. The fraction of sp³-hybridized carbons (Fsp3) is 0.500. The van der Waals surface area contributed by atoms with Gasteiger partial charge in [-0.1, -0.05) is 0 Å². The van der Waals surface area contributed by atoms with Crippen molar-refractivity contribution in [1.29, 1.82) is 0 Å². The molecule has 0 aliphatic carbocycles. The summed E-state index contributed by atoms with van der Waals surface area (Å²) in [4.78, 5) is 55.1. The molecule has 2 atom stereocenters. The molecule has 2 aromatic rings. The van der Waals surface area contributed by atoms with E-state index in [4.69, 9.17) is 4.74 Å². The molecular formula is C24H30FN7O6. The predicted octanol–water partition coefficient (Wildman–Crippen LogP) is 1.34. The number of benzene rings is 1. The zero-order valence-electron chi connectivity index (χ0n) is 21.2. The largest absolute Gasteiger partial charge is 0.442 e. The summed E-state index contributed by atoms with van der Waals surface area (Å²) in [5.41, 5.74) is 0.783. The van der Waals surface area contributed by atoms with E-state index in [1.54, 1.807) is 19.1 Å². The van der Waals surface area contributed by atoms with Crippen molar-refractivity contribution < 1.29 is 28.4 Å². The first-order chi connectivity index (χ1) is 18.2. The minimum atomic E-state index is -0.595. The van der Waals surface area contributed by atoms with Crippen molar-refractivity contribution in [3.05, 3.63) is 46.2 Å². The van der Waals surface area contributed by atoms with E-state index in [9.17, 15) is 24.5 Å². The number of nitrogens with one attached hydrogen (secondary N) is 1. The van der Waals surface area contributed by atoms with Gasteiger partial charge in [-0.05, 0) is 23.1 Å². The number of halogens is 1. The summed E-state index contributed by atoms with van der Waals surface area (Å²) >= 11 is 0. The van der Waals surface area contributed by atoms with E-state index in [1.165, 1.54) is 28.7 Å². The number of aldehydes is 1. The number of anilines is 2. The van der Waals surface area contributed by atoms with Crippen LogP contribution in [0.2, 0.25) is 0 Å². The normalized spacial score (nSPS) is 18.8. The Kier molecular flexibility index (Phi) is 8.20. The van der Waals surface area contributed by atoms with Crippen LogP contribution in [0.5, 0.6) is 0 Å². The number of cyclic esters (lactones) is 1. The third-order valence-corrected chi connectivity index (χ3v) is 6.73. The van der Waals surface area contributed by atoms with Crippen molar-refractivity contribution in [2.75, 3.05) is 55.6 Å². The highest BCUT2D eigenvalue weighted by Gasteiger charge is 2.33. The lowest BCUT2D eigenvalue weighted by Crippen LogP contribution is -2.48. The summed E-state index contributed by atoms with van der Waals surface area (Å²) in [6.07, 6.45) is 0.883. The van der Waals surface area contributed by atoms with Crippen LogP contribution in [-0.4, -0.2) is 89.6 Å². The third-order valence-electron chi connectivity index (χ3n) is 6.73. The summed E-state index contributed by atoms with van der Waals surface area (Å²) in [5, 5.41) is 13.8. The van der Waals surface area contributed by atoms with E-state index < -0.39 is 28.9 Å². The van der Waals surface area contributed by atoms with Gasteiger partial charge < -0.3 is 29.9 Å². The number of nitrogens with zero attached hydrogens (tertiary/aromatic N) is 6. The fourth-order valence-corrected chi connectivity index (χ4v) is 4.73. The molecule has 2 amide bonds. The van der Waals surface area contributed by atoms with Crippen molar-refractivity contribution in [2.45, 2.75) is 26.5 Å². The first kappa shape index (κ1) is 27.0. The Hall–Kier alpha value is -4.07. The third kappa shape index (κ3) is 6.07. The van der Waals surface area contributed by atoms with Gasteiger partial charge in [-0.2, -0.15) is 0 Å². The monoisotopic (exact) mass is 531 g/mol. The standard InChI is InChI=1S/C24H30FN7O6/c1-16-26-11-23(32(36)37)30(16)13-18(15-33)12-28-5-7-29(8-6-28)22-4-3-19(9-21(22)25)31-14-20(38-24(31)35)10-27-17(2)34/h3-4,9,11,15,18,20H,5-8,10,12-14H2,1-2H3,(H,27,34). The van der Waals surface area contributed by atoms with Crippen LogP contribution in [0.3, 0.4) is 0 Å². The number of nitro groups is 1. The maximum atomic E-state index is 15.1. The van der Waals surface area contributed by atoms with Crippen LogP contribution in [0.15, 0.2) is 24.4 Å². The van der Waals surface area contributed by atoms with Crippen LogP contribution in [0.1, 0.15) is 12.7 Å². The van der Waals surface area contributed by atoms with Crippen molar-refractivity contribution >= 4 is 35.5 Å². The molecule has 38 heavy (non-hydrogen) atoms. The van der Waals surface area contributed by atoms with Crippen LogP contribution >= 0.6 is 0 Å². The second kappa shape index (κ2) is 11.5. The molecule has 2 saturated heterocycles. The molecule has 204 valence electrons. The van der Waals surface area contributed by atoms with Crippen molar-refractivity contribution in [3.63, 3.8) is 0 Å². The van der Waals surface area contributed by atoms with Gasteiger partial charge >= 0.3 is 11.9 Å². The summed E-state index contributed by atoms with van der Waals surface area (Å²) in [5.74, 6) is -0.836. The van der Waals surface area contributed by atoms with Crippen LogP contribution in [-0.2, 0) is 20.9 Å². The van der Waals surface area contributed by atoms with Gasteiger partial charge in [0.2, 0.25) is 5.91 Å². The molecule has 2 aliphatic heterocycles. The number of amides is 2. The molecule has 1 N–H and O–H groups in total. The van der Waals surface area contributed by atoms with Gasteiger partial charge in [0.05, 0.1) is 30.4 Å². The van der Waals surface area contributed by atoms with Crippen LogP contribution in [0, 0.1) is 28.8 Å². The zero-order chi connectivity index (χ0) is 27.4. The number of imidazole rings is 1. The average Bonchev–Trinajstić information content (AvgIpc) is 3.44. The van der Waals surface area contributed by atoms with Crippen molar-refractivity contribution in [1.82, 2.24) is 19.8 Å². The van der Waals surface area contributed by atoms with Crippen LogP contribution < -0.4 is 15.1 Å². The number of aromatic nitrogens is 2. The molecule has 2 fully saturated rings. The number of hydrogen-bond donors (Lipinski definition) is 1. The predicted molar refractivity (Wildman–Crippen MR) is 135 cm³/mol. The van der Waals surface area contributed by atoms with E-state index >= 15 is 4.39 Å². The molecular weight excluding hydrogens is 501 g/mol. The SMILES string of the molecule is CC(=O)NCC1CN(c2ccc(N3CCN(CC(C=O)Cn4c([N+](=O)[O-])cnc4C)CC3)c(F)c2)C(=O)O1. The molecule has 0 saturated carbocycles. The molecule has 3 heterocycles. The lowest BCUT2D eigenvalue weighted by molar-refractivity contribution is -0.392. The van der Waals surface area contributed by atoms with E-state index in [0.717, 1.165) is 6.29 Å². The maximum Gasteiger partial charge on any atom is 0.414 e. The van der Waals surface area contributed by atoms with Gasteiger partial charge in [-0.3, -0.25) is 14.6 Å². The van der Waals surface area contributed by atoms with Gasteiger partial charge in [-0.25, -0.2) is 18.7 Å². The summed E-state index contributed by atoms with van der Waals surface area (Å²) < 4.78 is 21.8. The molecule has 0 spiro atoms.